The molecule has 3 heteroatoms. The van der Waals surface area contributed by atoms with Crippen LogP contribution >= 0.6 is 10.5 Å². The van der Waals surface area contributed by atoms with Crippen LogP contribution < -0.4 is 0 Å². The van der Waals surface area contributed by atoms with Gasteiger partial charge in [-0.25, -0.2) is 4.98 Å². The highest BCUT2D eigenvalue weighted by atomic mass is 32.2. The van der Waals surface area contributed by atoms with Crippen molar-refractivity contribution in [2.24, 2.45) is 0 Å². The van der Waals surface area contributed by atoms with Crippen LogP contribution in [-0.2, 0) is 0 Å². The van der Waals surface area contributed by atoms with Crippen LogP contribution in [0.2, 0.25) is 0 Å². The Kier molecular flexibility index (Phi) is 8.53. The summed E-state index contributed by atoms with van der Waals surface area (Å²) < 4.78 is 0. The van der Waals surface area contributed by atoms with E-state index in [1.54, 1.807) is 0 Å². The fourth-order valence-electron chi connectivity index (χ4n) is 9.47. The molecule has 11 aromatic rings. The molecule has 1 aliphatic heterocycles. The maximum Gasteiger partial charge on any atom is 0.0972 e. The Morgan fingerprint density at radius 2 is 0.951 bits per heavy atom. The number of benzene rings is 9. The zero-order chi connectivity index (χ0) is 40.3. The highest BCUT2D eigenvalue weighted by Gasteiger charge is 2.29. The Morgan fingerprint density at radius 3 is 1.72 bits per heavy atom. The van der Waals surface area contributed by atoms with Gasteiger partial charge in [-0.15, -0.1) is 10.5 Å². The van der Waals surface area contributed by atoms with Gasteiger partial charge in [0.1, 0.15) is 0 Å². The summed E-state index contributed by atoms with van der Waals surface area (Å²) in [5.41, 5.74) is 12.9. The molecule has 0 fully saturated rings. The summed E-state index contributed by atoms with van der Waals surface area (Å²) in [5.74, 6) is 0.928. The average molecular weight is 795 g/mol. The Morgan fingerprint density at radius 1 is 0.377 bits per heavy atom. The second-order valence-corrected chi connectivity index (χ2v) is 17.7. The van der Waals surface area contributed by atoms with Crippen LogP contribution in [0.5, 0.6) is 0 Å². The third-order valence-corrected chi connectivity index (χ3v) is 14.7. The van der Waals surface area contributed by atoms with Crippen LogP contribution in [0.3, 0.4) is 0 Å². The van der Waals surface area contributed by atoms with Crippen molar-refractivity contribution in [1.82, 2.24) is 9.97 Å². The van der Waals surface area contributed by atoms with E-state index in [2.05, 4.69) is 206 Å². The minimum atomic E-state index is -0.236. The van der Waals surface area contributed by atoms with E-state index in [9.17, 15) is 0 Å². The molecule has 2 nitrogen and oxygen atoms in total. The number of allylic oxidation sites excluding steroid dienone is 1. The first kappa shape index (κ1) is 35.5. The van der Waals surface area contributed by atoms with Crippen molar-refractivity contribution in [2.75, 3.05) is 5.75 Å². The summed E-state index contributed by atoms with van der Waals surface area (Å²) in [6.07, 6.45) is 1.85. The maximum absolute atomic E-state index is 5.23. The molecule has 0 saturated heterocycles. The van der Waals surface area contributed by atoms with E-state index < -0.39 is 0 Å². The Bertz CT molecular complexity index is 3590. The molecule has 286 valence electrons. The molecule has 1 aliphatic rings. The lowest BCUT2D eigenvalue weighted by Gasteiger charge is -2.17. The second-order valence-electron chi connectivity index (χ2n) is 15.8. The van der Waals surface area contributed by atoms with E-state index in [0.29, 0.717) is 0 Å². The SMILES string of the molecule is c1ccc(C2=C(c3ccc(-c4ccc(-c5ccc6ccc7cccnc7c6n5)c5ccccc45)cc3)CS(c3cc4ccccc4c4ccccc34)=C2c2ccccc2)cc1. The second kappa shape index (κ2) is 14.7. The first-order chi connectivity index (χ1) is 30.3. The number of rotatable bonds is 6. The molecule has 12 rings (SSSR count). The lowest BCUT2D eigenvalue weighted by Crippen LogP contribution is -2.03. The van der Waals surface area contributed by atoms with Crippen molar-refractivity contribution >= 4 is 80.6 Å². The van der Waals surface area contributed by atoms with Crippen molar-refractivity contribution in [3.8, 4) is 22.4 Å². The van der Waals surface area contributed by atoms with Gasteiger partial charge in [0.2, 0.25) is 0 Å². The van der Waals surface area contributed by atoms with Gasteiger partial charge < -0.3 is 0 Å². The molecule has 3 heterocycles. The van der Waals surface area contributed by atoms with Crippen molar-refractivity contribution < 1.29 is 0 Å². The number of nitrogens with zero attached hydrogens (tertiary/aromatic N) is 2. The largest absolute Gasteiger partial charge is 0.254 e. The number of pyridine rings is 2. The smallest absolute Gasteiger partial charge is 0.0972 e. The van der Waals surface area contributed by atoms with Gasteiger partial charge in [-0.3, -0.25) is 4.98 Å². The zero-order valence-corrected chi connectivity index (χ0v) is 34.1. The van der Waals surface area contributed by atoms with Crippen molar-refractivity contribution in [3.63, 3.8) is 0 Å². The molecule has 0 saturated carbocycles. The van der Waals surface area contributed by atoms with Crippen LogP contribution in [0.25, 0.3) is 87.7 Å². The average Bonchev–Trinajstić information content (AvgIpc) is 3.74. The third-order valence-electron chi connectivity index (χ3n) is 12.3. The molecule has 0 aliphatic carbocycles. The van der Waals surface area contributed by atoms with Crippen LogP contribution in [-0.4, -0.2) is 20.6 Å². The molecule has 0 N–H and O–H groups in total. The van der Waals surface area contributed by atoms with E-state index >= 15 is 0 Å². The number of hydrogen-bond donors (Lipinski definition) is 0. The van der Waals surface area contributed by atoms with E-state index in [1.165, 1.54) is 81.0 Å². The Balaban J connectivity index is 0.997. The van der Waals surface area contributed by atoms with Gasteiger partial charge in [-0.1, -0.05) is 194 Å². The lowest BCUT2D eigenvalue weighted by atomic mass is 9.89. The van der Waals surface area contributed by atoms with Gasteiger partial charge >= 0.3 is 0 Å². The topological polar surface area (TPSA) is 25.8 Å². The molecular formula is C58H38N2S. The van der Waals surface area contributed by atoms with Crippen LogP contribution in [0.1, 0.15) is 16.7 Å². The molecule has 0 spiro atoms. The fourth-order valence-corrected chi connectivity index (χ4v) is 12.2. The third kappa shape index (κ3) is 6.00. The number of hydrogen-bond acceptors (Lipinski definition) is 2. The summed E-state index contributed by atoms with van der Waals surface area (Å²) >= 11 is 0. The summed E-state index contributed by atoms with van der Waals surface area (Å²) in [6, 6.07) is 77.7. The van der Waals surface area contributed by atoms with Crippen molar-refractivity contribution in [3.05, 3.63) is 235 Å². The minimum absolute atomic E-state index is 0.236. The quantitative estimate of drug-likeness (QED) is 0.124. The molecule has 0 bridgehead atoms. The molecule has 0 radical (unpaired) electrons. The van der Waals surface area contributed by atoms with Gasteiger partial charge in [-0.2, -0.15) is 0 Å². The number of aromatic nitrogens is 2. The predicted molar refractivity (Wildman–Crippen MR) is 261 cm³/mol. The first-order valence-corrected chi connectivity index (χ1v) is 22.3. The summed E-state index contributed by atoms with van der Waals surface area (Å²) in [5, 5.41) is 9.82. The van der Waals surface area contributed by atoms with E-state index in [1.807, 2.05) is 12.3 Å². The minimum Gasteiger partial charge on any atom is -0.254 e. The predicted octanol–water partition coefficient (Wildman–Crippen LogP) is 15.0. The summed E-state index contributed by atoms with van der Waals surface area (Å²) in [6.45, 7) is 0. The first-order valence-electron chi connectivity index (χ1n) is 20.9. The van der Waals surface area contributed by atoms with Crippen LogP contribution in [0, 0.1) is 0 Å². The highest BCUT2D eigenvalue weighted by Crippen LogP contribution is 2.51. The fraction of sp³-hybridized carbons (Fsp3) is 0.0172. The van der Waals surface area contributed by atoms with E-state index in [0.717, 1.165) is 38.8 Å². The molecule has 0 amide bonds. The Hall–Kier alpha value is -7.46. The molecular weight excluding hydrogens is 757 g/mol. The monoisotopic (exact) mass is 794 g/mol. The van der Waals surface area contributed by atoms with Gasteiger partial charge in [0.05, 0.1) is 16.7 Å². The normalized spacial score (nSPS) is 14.2. The zero-order valence-electron chi connectivity index (χ0n) is 33.3. The van der Waals surface area contributed by atoms with Crippen molar-refractivity contribution in [1.29, 1.82) is 0 Å². The standard InChI is InChI=1S/C58H38N2S/c1-3-14-40(15-4-1)55-52(37-61(58(55)43-16-5-2-6-17-43)54-36-44-18-7-8-20-45(44)48-22-11-12-24-51(48)54)39-27-25-38(26-28-39)46-32-33-50(49-23-10-9-21-47(46)49)53-34-31-42-30-29-41-19-13-35-59-56(41)57(42)60-53/h1-36H,37H2. The van der Waals surface area contributed by atoms with E-state index in [-0.39, 0.29) is 10.5 Å². The van der Waals surface area contributed by atoms with Gasteiger partial charge in [0, 0.05) is 43.6 Å². The molecule has 2 aromatic heterocycles. The summed E-state index contributed by atoms with van der Waals surface area (Å²) in [4.78, 5) is 12.8. The van der Waals surface area contributed by atoms with Crippen LogP contribution in [0.15, 0.2) is 223 Å². The molecule has 9 aromatic carbocycles. The van der Waals surface area contributed by atoms with Gasteiger partial charge in [-0.05, 0) is 83.9 Å². The molecule has 1 atom stereocenters. The van der Waals surface area contributed by atoms with Gasteiger partial charge in [0.15, 0.2) is 0 Å². The van der Waals surface area contributed by atoms with Gasteiger partial charge in [0.25, 0.3) is 0 Å². The highest BCUT2D eigenvalue weighted by molar-refractivity contribution is 8.18. The van der Waals surface area contributed by atoms with Crippen molar-refractivity contribution in [2.45, 2.75) is 4.90 Å². The maximum atomic E-state index is 5.23. The molecule has 61 heavy (non-hydrogen) atoms. The Labute approximate surface area is 357 Å². The number of fused-ring (bicyclic) bond motifs is 7. The molecule has 1 unspecified atom stereocenters. The summed E-state index contributed by atoms with van der Waals surface area (Å²) in [7, 11) is -0.236. The van der Waals surface area contributed by atoms with E-state index in [4.69, 9.17) is 9.97 Å². The van der Waals surface area contributed by atoms with Crippen LogP contribution in [0.4, 0.5) is 0 Å². The lowest BCUT2D eigenvalue weighted by molar-refractivity contribution is 1.37.